The summed E-state index contributed by atoms with van der Waals surface area (Å²) in [5.41, 5.74) is 10.3. The van der Waals surface area contributed by atoms with Gasteiger partial charge in [0.15, 0.2) is 0 Å². The zero-order valence-corrected chi connectivity index (χ0v) is 12.0. The van der Waals surface area contributed by atoms with Gasteiger partial charge in [-0.05, 0) is 37.5 Å². The molecule has 1 aromatic heterocycles. The molecule has 0 aliphatic heterocycles. The van der Waals surface area contributed by atoms with Crippen LogP contribution < -0.4 is 10.5 Å². The van der Waals surface area contributed by atoms with E-state index in [1.54, 1.807) is 4.68 Å². The lowest BCUT2D eigenvalue weighted by atomic mass is 10.1. The number of nitrogen functional groups attached to an aromatic ring is 1. The summed E-state index contributed by atoms with van der Waals surface area (Å²) in [5, 5.41) is 4.32. The van der Waals surface area contributed by atoms with Crippen molar-refractivity contribution in [1.29, 1.82) is 0 Å². The van der Waals surface area contributed by atoms with E-state index in [2.05, 4.69) is 38.0 Å². The average molecular weight is 259 g/mol. The SMILES string of the molecule is Cc1ccc(C)c(OCCc2cc(N)n(C)n2)c1C. The van der Waals surface area contributed by atoms with Gasteiger partial charge >= 0.3 is 0 Å². The van der Waals surface area contributed by atoms with Crippen LogP contribution in [0.1, 0.15) is 22.4 Å². The fraction of sp³-hybridized carbons (Fsp3) is 0.400. The van der Waals surface area contributed by atoms with Gasteiger partial charge in [-0.25, -0.2) is 0 Å². The standard InChI is InChI=1S/C15H21N3O/c1-10-5-6-11(2)15(12(10)3)19-8-7-13-9-14(16)18(4)17-13/h5-6,9H,7-8,16H2,1-4H3. The Hall–Kier alpha value is -1.97. The molecule has 0 amide bonds. The summed E-state index contributed by atoms with van der Waals surface area (Å²) in [6, 6.07) is 6.10. The molecule has 0 fully saturated rings. The topological polar surface area (TPSA) is 53.1 Å². The van der Waals surface area contributed by atoms with E-state index < -0.39 is 0 Å². The summed E-state index contributed by atoms with van der Waals surface area (Å²) in [6.07, 6.45) is 0.762. The molecular weight excluding hydrogens is 238 g/mol. The highest BCUT2D eigenvalue weighted by Gasteiger charge is 2.07. The number of aromatic nitrogens is 2. The van der Waals surface area contributed by atoms with Crippen molar-refractivity contribution in [2.24, 2.45) is 7.05 Å². The van der Waals surface area contributed by atoms with Crippen LogP contribution in [0.5, 0.6) is 5.75 Å². The Morgan fingerprint density at radius 3 is 2.53 bits per heavy atom. The van der Waals surface area contributed by atoms with Crippen molar-refractivity contribution in [1.82, 2.24) is 9.78 Å². The number of nitrogens with two attached hydrogens (primary N) is 1. The second-order valence-electron chi connectivity index (χ2n) is 4.94. The van der Waals surface area contributed by atoms with Crippen LogP contribution in [0.3, 0.4) is 0 Å². The van der Waals surface area contributed by atoms with E-state index in [9.17, 15) is 0 Å². The van der Waals surface area contributed by atoms with Crippen molar-refractivity contribution in [2.45, 2.75) is 27.2 Å². The second kappa shape index (κ2) is 5.34. The maximum atomic E-state index is 5.91. The first-order chi connectivity index (χ1) is 8.99. The lowest BCUT2D eigenvalue weighted by Gasteiger charge is -2.13. The number of rotatable bonds is 4. The van der Waals surface area contributed by atoms with Crippen molar-refractivity contribution in [3.8, 4) is 5.75 Å². The number of hydrogen-bond donors (Lipinski definition) is 1. The molecule has 2 rings (SSSR count). The average Bonchev–Trinajstić information content (AvgIpc) is 2.68. The summed E-state index contributed by atoms with van der Waals surface area (Å²) < 4.78 is 7.59. The maximum Gasteiger partial charge on any atom is 0.125 e. The third-order valence-electron chi connectivity index (χ3n) is 3.44. The molecule has 0 spiro atoms. The number of aryl methyl sites for hydroxylation is 3. The predicted octanol–water partition coefficient (Wildman–Crippen LogP) is 2.55. The van der Waals surface area contributed by atoms with Gasteiger partial charge in [-0.15, -0.1) is 0 Å². The van der Waals surface area contributed by atoms with E-state index in [-0.39, 0.29) is 0 Å². The molecule has 0 bridgehead atoms. The Bertz CT molecular complexity index is 568. The van der Waals surface area contributed by atoms with Gasteiger partial charge in [-0.3, -0.25) is 4.68 Å². The Kier molecular flexibility index (Phi) is 3.79. The summed E-state index contributed by atoms with van der Waals surface area (Å²) >= 11 is 0. The molecule has 0 unspecified atom stereocenters. The molecule has 4 heteroatoms. The van der Waals surface area contributed by atoms with E-state index in [4.69, 9.17) is 10.5 Å². The van der Waals surface area contributed by atoms with E-state index in [0.29, 0.717) is 12.4 Å². The Balaban J connectivity index is 2.01. The highest BCUT2D eigenvalue weighted by molar-refractivity contribution is 5.44. The zero-order chi connectivity index (χ0) is 14.0. The third-order valence-corrected chi connectivity index (χ3v) is 3.44. The van der Waals surface area contributed by atoms with Crippen LogP contribution in [0.4, 0.5) is 5.82 Å². The first kappa shape index (κ1) is 13.5. The molecule has 19 heavy (non-hydrogen) atoms. The summed E-state index contributed by atoms with van der Waals surface area (Å²) in [5.74, 6) is 1.67. The molecule has 0 saturated heterocycles. The van der Waals surface area contributed by atoms with Crippen LogP contribution in [0.15, 0.2) is 18.2 Å². The summed E-state index contributed by atoms with van der Waals surface area (Å²) in [4.78, 5) is 0. The van der Waals surface area contributed by atoms with Crippen LogP contribution in [0, 0.1) is 20.8 Å². The lowest BCUT2D eigenvalue weighted by Crippen LogP contribution is -2.05. The number of benzene rings is 1. The fourth-order valence-electron chi connectivity index (χ4n) is 2.07. The lowest BCUT2D eigenvalue weighted by molar-refractivity contribution is 0.315. The van der Waals surface area contributed by atoms with Gasteiger partial charge in [-0.2, -0.15) is 5.10 Å². The van der Waals surface area contributed by atoms with E-state index in [1.807, 2.05) is 13.1 Å². The molecule has 0 atom stereocenters. The van der Waals surface area contributed by atoms with Crippen LogP contribution in [0.25, 0.3) is 0 Å². The first-order valence-corrected chi connectivity index (χ1v) is 6.47. The van der Waals surface area contributed by atoms with Gasteiger partial charge in [-0.1, -0.05) is 12.1 Å². The minimum Gasteiger partial charge on any atom is -0.493 e. The summed E-state index contributed by atoms with van der Waals surface area (Å²) in [7, 11) is 1.84. The van der Waals surface area contributed by atoms with Crippen molar-refractivity contribution in [3.63, 3.8) is 0 Å². The van der Waals surface area contributed by atoms with Crippen molar-refractivity contribution >= 4 is 5.82 Å². The van der Waals surface area contributed by atoms with Crippen molar-refractivity contribution < 1.29 is 4.74 Å². The molecule has 2 N–H and O–H groups in total. The molecule has 1 heterocycles. The maximum absolute atomic E-state index is 5.91. The quantitative estimate of drug-likeness (QED) is 0.918. The third kappa shape index (κ3) is 2.89. The number of hydrogen-bond acceptors (Lipinski definition) is 3. The van der Waals surface area contributed by atoms with Crippen LogP contribution in [-0.2, 0) is 13.5 Å². The molecule has 102 valence electrons. The molecular formula is C15H21N3O. The molecule has 2 aromatic rings. The molecule has 0 aliphatic carbocycles. The first-order valence-electron chi connectivity index (χ1n) is 6.47. The largest absolute Gasteiger partial charge is 0.493 e. The minimum absolute atomic E-state index is 0.613. The van der Waals surface area contributed by atoms with Crippen molar-refractivity contribution in [2.75, 3.05) is 12.3 Å². The number of anilines is 1. The van der Waals surface area contributed by atoms with Crippen LogP contribution in [-0.4, -0.2) is 16.4 Å². The van der Waals surface area contributed by atoms with Gasteiger partial charge in [0.2, 0.25) is 0 Å². The number of ether oxygens (including phenoxy) is 1. The van der Waals surface area contributed by atoms with E-state index in [1.165, 1.54) is 16.7 Å². The Labute approximate surface area is 114 Å². The molecule has 4 nitrogen and oxygen atoms in total. The molecule has 0 aliphatic rings. The van der Waals surface area contributed by atoms with Gasteiger partial charge in [0.1, 0.15) is 11.6 Å². The van der Waals surface area contributed by atoms with Gasteiger partial charge in [0, 0.05) is 19.5 Å². The van der Waals surface area contributed by atoms with Gasteiger partial charge in [0.05, 0.1) is 12.3 Å². The highest BCUT2D eigenvalue weighted by Crippen LogP contribution is 2.25. The monoisotopic (exact) mass is 259 g/mol. The minimum atomic E-state index is 0.613. The normalized spacial score (nSPS) is 10.7. The van der Waals surface area contributed by atoms with Gasteiger partial charge < -0.3 is 10.5 Å². The molecule has 1 aromatic carbocycles. The molecule has 0 radical (unpaired) electrons. The van der Waals surface area contributed by atoms with E-state index in [0.717, 1.165) is 17.9 Å². The zero-order valence-electron chi connectivity index (χ0n) is 12.0. The Morgan fingerprint density at radius 2 is 1.89 bits per heavy atom. The Morgan fingerprint density at radius 1 is 1.21 bits per heavy atom. The smallest absolute Gasteiger partial charge is 0.125 e. The summed E-state index contributed by atoms with van der Waals surface area (Å²) in [6.45, 7) is 6.87. The molecule has 0 saturated carbocycles. The van der Waals surface area contributed by atoms with E-state index >= 15 is 0 Å². The second-order valence-corrected chi connectivity index (χ2v) is 4.94. The predicted molar refractivity (Wildman–Crippen MR) is 77.5 cm³/mol. The van der Waals surface area contributed by atoms with Gasteiger partial charge in [0.25, 0.3) is 0 Å². The fourth-order valence-corrected chi connectivity index (χ4v) is 2.07. The van der Waals surface area contributed by atoms with Crippen LogP contribution >= 0.6 is 0 Å². The van der Waals surface area contributed by atoms with Crippen LogP contribution in [0.2, 0.25) is 0 Å². The highest BCUT2D eigenvalue weighted by atomic mass is 16.5. The van der Waals surface area contributed by atoms with Crippen molar-refractivity contribution in [3.05, 3.63) is 40.6 Å². The number of nitrogens with zero attached hydrogens (tertiary/aromatic N) is 2.